The number of fused-ring (bicyclic) bond motifs is 1. The van der Waals surface area contributed by atoms with Crippen molar-refractivity contribution in [2.24, 2.45) is 4.99 Å². The van der Waals surface area contributed by atoms with Gasteiger partial charge in [0.2, 0.25) is 0 Å². The molecule has 0 radical (unpaired) electrons. The number of carbonyl (C=O) groups is 1. The summed E-state index contributed by atoms with van der Waals surface area (Å²) in [6.07, 6.45) is 3.57. The number of allylic oxidation sites excluding steroid dienone is 1. The van der Waals surface area contributed by atoms with Crippen molar-refractivity contribution in [3.05, 3.63) is 101 Å². The topological polar surface area (TPSA) is 81.3 Å². The van der Waals surface area contributed by atoms with Crippen LogP contribution in [0.1, 0.15) is 36.0 Å². The van der Waals surface area contributed by atoms with Crippen LogP contribution in [0.4, 0.5) is 5.69 Å². The van der Waals surface area contributed by atoms with Gasteiger partial charge in [0.1, 0.15) is 6.04 Å². The second kappa shape index (κ2) is 9.00. The van der Waals surface area contributed by atoms with Gasteiger partial charge >= 0.3 is 0 Å². The first-order chi connectivity index (χ1) is 16.5. The van der Waals surface area contributed by atoms with Crippen LogP contribution in [0.3, 0.4) is 0 Å². The highest BCUT2D eigenvalue weighted by Crippen LogP contribution is 2.33. The third kappa shape index (κ3) is 3.86. The van der Waals surface area contributed by atoms with Crippen LogP contribution in [-0.4, -0.2) is 20.3 Å². The van der Waals surface area contributed by atoms with Crippen LogP contribution in [-0.2, 0) is 11.3 Å². The average Bonchev–Trinajstić information content (AvgIpc) is 3.56. The molecule has 5 rings (SSSR count). The Hall–Kier alpha value is -3.56. The van der Waals surface area contributed by atoms with Crippen molar-refractivity contribution in [3.8, 4) is 0 Å². The number of anilines is 1. The molecule has 1 amide bonds. The Balaban J connectivity index is 1.66. The standard InChI is InChI=1S/C25H23N5O2S2/c1-4-29-17(11-12-26-29)14-20-24(32)30-22(19-10-7-13-33-19)21(16(3)27-25(30)34-20)23(31)28-18-9-6-5-8-15(18)2/h5-14,22H,4H2,1-3H3,(H,28,31)/b20-14+/t22-/m0/s1. The quantitative estimate of drug-likeness (QED) is 0.466. The number of hydrogen-bond donors (Lipinski definition) is 1. The number of aromatic nitrogens is 3. The van der Waals surface area contributed by atoms with E-state index in [0.29, 0.717) is 27.1 Å². The Bertz CT molecular complexity index is 1590. The molecule has 0 saturated heterocycles. The van der Waals surface area contributed by atoms with Gasteiger partial charge in [-0.25, -0.2) is 4.99 Å². The number of amides is 1. The highest BCUT2D eigenvalue weighted by molar-refractivity contribution is 7.10. The summed E-state index contributed by atoms with van der Waals surface area (Å²) in [6, 6.07) is 12.9. The first kappa shape index (κ1) is 22.2. The van der Waals surface area contributed by atoms with Gasteiger partial charge in [0.25, 0.3) is 11.5 Å². The molecule has 1 aliphatic rings. The zero-order valence-electron chi connectivity index (χ0n) is 19.0. The van der Waals surface area contributed by atoms with Crippen molar-refractivity contribution in [1.29, 1.82) is 0 Å². The zero-order valence-corrected chi connectivity index (χ0v) is 20.6. The molecular formula is C25H23N5O2S2. The number of thiazole rings is 1. The molecule has 1 N–H and O–H groups in total. The number of nitrogens with zero attached hydrogens (tertiary/aromatic N) is 4. The Morgan fingerprint density at radius 2 is 2.00 bits per heavy atom. The monoisotopic (exact) mass is 489 g/mol. The molecule has 0 spiro atoms. The van der Waals surface area contributed by atoms with Crippen LogP contribution >= 0.6 is 22.7 Å². The number of aryl methyl sites for hydroxylation is 2. The Morgan fingerprint density at radius 3 is 2.74 bits per heavy atom. The fourth-order valence-electron chi connectivity index (χ4n) is 4.09. The zero-order chi connectivity index (χ0) is 23.8. The minimum atomic E-state index is -0.543. The lowest BCUT2D eigenvalue weighted by Gasteiger charge is -2.24. The minimum absolute atomic E-state index is 0.167. The lowest BCUT2D eigenvalue weighted by Crippen LogP contribution is -2.40. The van der Waals surface area contributed by atoms with E-state index in [2.05, 4.69) is 15.4 Å². The molecule has 9 heteroatoms. The van der Waals surface area contributed by atoms with Gasteiger partial charge in [-0.1, -0.05) is 35.6 Å². The summed E-state index contributed by atoms with van der Waals surface area (Å²) >= 11 is 2.85. The summed E-state index contributed by atoms with van der Waals surface area (Å²) in [7, 11) is 0. The average molecular weight is 490 g/mol. The SMILES string of the molecule is CCn1nccc1/C=c1/sc2n(c1=O)[C@@H](c1cccs1)C(C(=O)Nc1ccccc1C)=C(C)N=2. The van der Waals surface area contributed by atoms with Crippen LogP contribution in [0, 0.1) is 6.92 Å². The predicted octanol–water partition coefficient (Wildman–Crippen LogP) is 3.46. The summed E-state index contributed by atoms with van der Waals surface area (Å²) < 4.78 is 4.04. The van der Waals surface area contributed by atoms with E-state index in [4.69, 9.17) is 0 Å². The lowest BCUT2D eigenvalue weighted by molar-refractivity contribution is -0.113. The van der Waals surface area contributed by atoms with Crippen LogP contribution in [0.2, 0.25) is 0 Å². The maximum absolute atomic E-state index is 13.6. The summed E-state index contributed by atoms with van der Waals surface area (Å²) in [5.74, 6) is -0.257. The molecule has 34 heavy (non-hydrogen) atoms. The largest absolute Gasteiger partial charge is 0.322 e. The van der Waals surface area contributed by atoms with Crippen molar-refractivity contribution in [3.63, 3.8) is 0 Å². The minimum Gasteiger partial charge on any atom is -0.322 e. The molecule has 0 unspecified atom stereocenters. The molecular weight excluding hydrogens is 466 g/mol. The molecule has 7 nitrogen and oxygen atoms in total. The first-order valence-corrected chi connectivity index (χ1v) is 12.6. The first-order valence-electron chi connectivity index (χ1n) is 10.9. The summed E-state index contributed by atoms with van der Waals surface area (Å²) in [5, 5.41) is 9.27. The molecule has 172 valence electrons. The molecule has 0 saturated carbocycles. The van der Waals surface area contributed by atoms with Crippen LogP contribution in [0.15, 0.2) is 75.1 Å². The number of carbonyl (C=O) groups excluding carboxylic acids is 1. The van der Waals surface area contributed by atoms with Gasteiger partial charge in [-0.2, -0.15) is 5.10 Å². The number of para-hydroxylation sites is 1. The van der Waals surface area contributed by atoms with Gasteiger partial charge < -0.3 is 5.32 Å². The number of thiophene rings is 1. The second-order valence-corrected chi connectivity index (χ2v) is 9.93. The fourth-order valence-corrected chi connectivity index (χ4v) is 5.95. The van der Waals surface area contributed by atoms with E-state index in [1.54, 1.807) is 10.8 Å². The van der Waals surface area contributed by atoms with Crippen molar-refractivity contribution < 1.29 is 4.79 Å². The van der Waals surface area contributed by atoms with Crippen molar-refractivity contribution >= 4 is 40.3 Å². The maximum Gasteiger partial charge on any atom is 0.271 e. The van der Waals surface area contributed by atoms with E-state index in [9.17, 15) is 9.59 Å². The lowest BCUT2D eigenvalue weighted by atomic mass is 10.0. The Morgan fingerprint density at radius 1 is 1.18 bits per heavy atom. The predicted molar refractivity (Wildman–Crippen MR) is 136 cm³/mol. The van der Waals surface area contributed by atoms with Crippen molar-refractivity contribution in [2.45, 2.75) is 33.4 Å². The second-order valence-electron chi connectivity index (χ2n) is 7.94. The molecule has 1 aromatic carbocycles. The molecule has 0 aliphatic carbocycles. The normalized spacial score (nSPS) is 15.9. The molecule has 4 heterocycles. The van der Waals surface area contributed by atoms with Gasteiger partial charge in [0, 0.05) is 23.3 Å². The van der Waals surface area contributed by atoms with Crippen LogP contribution in [0.25, 0.3) is 6.08 Å². The van der Waals surface area contributed by atoms with Crippen molar-refractivity contribution in [1.82, 2.24) is 14.3 Å². The number of rotatable bonds is 5. The van der Waals surface area contributed by atoms with Gasteiger partial charge in [-0.05, 0) is 56.0 Å². The summed E-state index contributed by atoms with van der Waals surface area (Å²) in [5.41, 5.74) is 3.47. The van der Waals surface area contributed by atoms with E-state index < -0.39 is 6.04 Å². The molecule has 0 fully saturated rings. The highest BCUT2D eigenvalue weighted by atomic mass is 32.1. The van der Waals surface area contributed by atoms with Gasteiger partial charge in [0.05, 0.1) is 21.5 Å². The Kier molecular flexibility index (Phi) is 5.89. The summed E-state index contributed by atoms with van der Waals surface area (Å²) in [6.45, 7) is 6.49. The molecule has 1 atom stereocenters. The number of nitrogens with one attached hydrogen (secondary N) is 1. The van der Waals surface area contributed by atoms with Gasteiger partial charge in [-0.3, -0.25) is 18.8 Å². The molecule has 3 aromatic heterocycles. The molecule has 1 aliphatic heterocycles. The fraction of sp³-hybridized carbons (Fsp3) is 0.200. The third-order valence-corrected chi connectivity index (χ3v) is 7.71. The molecule has 0 bridgehead atoms. The van der Waals surface area contributed by atoms with Gasteiger partial charge in [0.15, 0.2) is 4.80 Å². The Labute approximate surface area is 204 Å². The van der Waals surface area contributed by atoms with Crippen LogP contribution in [0.5, 0.6) is 0 Å². The number of benzene rings is 1. The van der Waals surface area contributed by atoms with E-state index >= 15 is 0 Å². The highest BCUT2D eigenvalue weighted by Gasteiger charge is 2.33. The number of hydrogen-bond acceptors (Lipinski definition) is 6. The molecule has 4 aromatic rings. The van der Waals surface area contributed by atoms with E-state index in [0.717, 1.165) is 21.8 Å². The van der Waals surface area contributed by atoms with Crippen LogP contribution < -0.4 is 20.2 Å². The maximum atomic E-state index is 13.6. The van der Waals surface area contributed by atoms with Gasteiger partial charge in [-0.15, -0.1) is 11.3 Å². The van der Waals surface area contributed by atoms with E-state index in [1.807, 2.05) is 79.4 Å². The van der Waals surface area contributed by atoms with Crippen molar-refractivity contribution in [2.75, 3.05) is 5.32 Å². The van der Waals surface area contributed by atoms with E-state index in [1.165, 1.54) is 22.7 Å². The summed E-state index contributed by atoms with van der Waals surface area (Å²) in [4.78, 5) is 33.4. The smallest absolute Gasteiger partial charge is 0.271 e. The third-order valence-electron chi connectivity index (χ3n) is 5.80. The van der Waals surface area contributed by atoms with E-state index in [-0.39, 0.29) is 11.5 Å².